The van der Waals surface area contributed by atoms with E-state index in [4.69, 9.17) is 14.6 Å². The van der Waals surface area contributed by atoms with Gasteiger partial charge in [-0.25, -0.2) is 4.79 Å². The quantitative estimate of drug-likeness (QED) is 0.596. The summed E-state index contributed by atoms with van der Waals surface area (Å²) in [6.07, 6.45) is -1.54. The van der Waals surface area contributed by atoms with Gasteiger partial charge in [-0.05, 0) is 42.1 Å². The molecule has 3 aromatic heterocycles. The molecule has 0 aliphatic carbocycles. The van der Waals surface area contributed by atoms with E-state index in [2.05, 4.69) is 10.1 Å². The Morgan fingerprint density at radius 1 is 1.24 bits per heavy atom. The number of fused-ring (bicyclic) bond motifs is 1. The number of ether oxygens (including phenoxy) is 1. The predicted octanol–water partition coefficient (Wildman–Crippen LogP) is 3.70. The minimum Gasteiger partial charge on any atom is -0.475 e. The highest BCUT2D eigenvalue weighted by atomic mass is 32.1. The summed E-state index contributed by atoms with van der Waals surface area (Å²) in [5.74, 6) is -2.67. The maximum atomic E-state index is 12.9. The fourth-order valence-electron chi connectivity index (χ4n) is 3.18. The van der Waals surface area contributed by atoms with Crippen molar-refractivity contribution in [3.63, 3.8) is 0 Å². The van der Waals surface area contributed by atoms with Crippen LogP contribution in [0.25, 0.3) is 0 Å². The Morgan fingerprint density at radius 2 is 2.00 bits per heavy atom. The molecule has 0 radical (unpaired) electrons. The Hall–Kier alpha value is -3.25. The van der Waals surface area contributed by atoms with E-state index in [1.165, 1.54) is 11.3 Å². The average molecular weight is 482 g/mol. The van der Waals surface area contributed by atoms with Crippen molar-refractivity contribution in [2.24, 2.45) is 0 Å². The highest BCUT2D eigenvalue weighted by molar-refractivity contribution is 7.12. The highest BCUT2D eigenvalue weighted by Gasteiger charge is 2.38. The third-order valence-electron chi connectivity index (χ3n) is 4.75. The van der Waals surface area contributed by atoms with Crippen LogP contribution in [0.15, 0.2) is 48.1 Å². The van der Waals surface area contributed by atoms with Crippen molar-refractivity contribution in [1.82, 2.24) is 19.7 Å². The van der Waals surface area contributed by atoms with Crippen LogP contribution in [0.4, 0.5) is 13.2 Å². The van der Waals surface area contributed by atoms with Gasteiger partial charge in [0, 0.05) is 18.9 Å². The summed E-state index contributed by atoms with van der Waals surface area (Å²) in [5, 5.41) is 13.5. The van der Waals surface area contributed by atoms with E-state index < -0.39 is 12.1 Å². The molecule has 0 spiro atoms. The number of aromatic nitrogens is 3. The molecule has 0 aromatic carbocycles. The van der Waals surface area contributed by atoms with Crippen molar-refractivity contribution in [1.29, 1.82) is 0 Å². The monoisotopic (exact) mass is 482 g/mol. The Labute approximate surface area is 191 Å². The number of hydrogen-bond acceptors (Lipinski definition) is 6. The van der Waals surface area contributed by atoms with Crippen molar-refractivity contribution in [2.45, 2.75) is 32.3 Å². The number of rotatable bonds is 5. The first-order valence-electron chi connectivity index (χ1n) is 9.80. The molecular weight excluding hydrogens is 461 g/mol. The molecule has 176 valence electrons. The number of hydrogen-bond donors (Lipinski definition) is 1. The van der Waals surface area contributed by atoms with E-state index in [-0.39, 0.29) is 11.9 Å². The first kappa shape index (κ1) is 24.4. The molecule has 12 heteroatoms. The first-order chi connectivity index (χ1) is 15.7. The van der Waals surface area contributed by atoms with Gasteiger partial charge in [0.05, 0.1) is 42.1 Å². The second-order valence-corrected chi connectivity index (χ2v) is 8.09. The number of amides is 1. The SMILES string of the molecule is Cc1ccsc1C(=O)N1Cc2ccnn2C(COCc2ccccn2)C1.O=C(O)C(F)(F)F. The summed E-state index contributed by atoms with van der Waals surface area (Å²) in [7, 11) is 0. The second kappa shape index (κ2) is 10.6. The average Bonchev–Trinajstić information content (AvgIpc) is 3.42. The summed E-state index contributed by atoms with van der Waals surface area (Å²) in [5.41, 5.74) is 2.96. The normalized spacial score (nSPS) is 15.4. The van der Waals surface area contributed by atoms with Crippen LogP contribution in [0, 0.1) is 6.92 Å². The summed E-state index contributed by atoms with van der Waals surface area (Å²) in [4.78, 5) is 28.8. The number of carbonyl (C=O) groups is 2. The molecule has 1 aliphatic rings. The standard InChI is InChI=1S/C19H20N4O2S.C2HF3O2/c1-14-6-9-26-18(14)19(24)22-10-16-5-8-21-23(16)17(11-22)13-25-12-15-4-2-3-7-20-15;3-2(4,5)1(6)7/h2-9,17H,10-13H2,1H3;(H,6,7). The molecule has 3 aromatic rings. The predicted molar refractivity (Wildman–Crippen MR) is 113 cm³/mol. The zero-order valence-corrected chi connectivity index (χ0v) is 18.3. The van der Waals surface area contributed by atoms with Gasteiger partial charge in [-0.2, -0.15) is 18.3 Å². The van der Waals surface area contributed by atoms with E-state index >= 15 is 0 Å². The summed E-state index contributed by atoms with van der Waals surface area (Å²) in [6.45, 7) is 4.08. The van der Waals surface area contributed by atoms with E-state index in [1.807, 2.05) is 52.2 Å². The number of alkyl halides is 3. The molecule has 1 amide bonds. The van der Waals surface area contributed by atoms with Crippen molar-refractivity contribution >= 4 is 23.2 Å². The van der Waals surface area contributed by atoms with E-state index in [1.54, 1.807) is 12.4 Å². The Bertz CT molecular complexity index is 1080. The maximum absolute atomic E-state index is 12.9. The van der Waals surface area contributed by atoms with Crippen LogP contribution in [0.2, 0.25) is 0 Å². The Morgan fingerprint density at radius 3 is 2.61 bits per heavy atom. The molecule has 0 bridgehead atoms. The second-order valence-electron chi connectivity index (χ2n) is 7.18. The first-order valence-corrected chi connectivity index (χ1v) is 10.7. The molecule has 1 aliphatic heterocycles. The Balaban J connectivity index is 0.000000383. The number of carboxylic acids is 1. The van der Waals surface area contributed by atoms with Crippen LogP contribution in [0.3, 0.4) is 0 Å². The molecule has 8 nitrogen and oxygen atoms in total. The van der Waals surface area contributed by atoms with E-state index in [9.17, 15) is 18.0 Å². The van der Waals surface area contributed by atoms with Crippen LogP contribution in [-0.2, 0) is 22.7 Å². The van der Waals surface area contributed by atoms with Crippen LogP contribution >= 0.6 is 11.3 Å². The van der Waals surface area contributed by atoms with Gasteiger partial charge in [0.15, 0.2) is 0 Å². The molecule has 0 saturated carbocycles. The van der Waals surface area contributed by atoms with Gasteiger partial charge in [0.25, 0.3) is 5.91 Å². The maximum Gasteiger partial charge on any atom is 0.490 e. The summed E-state index contributed by atoms with van der Waals surface area (Å²) in [6, 6.07) is 9.72. The molecule has 4 rings (SSSR count). The number of nitrogens with zero attached hydrogens (tertiary/aromatic N) is 4. The molecule has 1 unspecified atom stereocenters. The smallest absolute Gasteiger partial charge is 0.475 e. The van der Waals surface area contributed by atoms with Crippen LogP contribution in [0.1, 0.15) is 32.7 Å². The fraction of sp³-hybridized carbons (Fsp3) is 0.333. The molecule has 1 atom stereocenters. The number of halogens is 3. The number of pyridine rings is 1. The third-order valence-corrected chi connectivity index (χ3v) is 5.76. The molecule has 0 fully saturated rings. The molecule has 1 N–H and O–H groups in total. The summed E-state index contributed by atoms with van der Waals surface area (Å²) >= 11 is 1.50. The lowest BCUT2D eigenvalue weighted by atomic mass is 10.1. The van der Waals surface area contributed by atoms with Gasteiger partial charge in [-0.1, -0.05) is 6.07 Å². The van der Waals surface area contributed by atoms with Gasteiger partial charge in [-0.3, -0.25) is 14.5 Å². The third kappa shape index (κ3) is 6.39. The molecule has 0 saturated heterocycles. The van der Waals surface area contributed by atoms with Crippen LogP contribution in [0.5, 0.6) is 0 Å². The molecule has 33 heavy (non-hydrogen) atoms. The minimum absolute atomic E-state index is 0.00156. The lowest BCUT2D eigenvalue weighted by Gasteiger charge is -2.33. The zero-order valence-electron chi connectivity index (χ0n) is 17.5. The van der Waals surface area contributed by atoms with E-state index in [0.29, 0.717) is 26.3 Å². The Kier molecular flexibility index (Phi) is 7.82. The molecular formula is C21H21F3N4O4S. The number of thiophene rings is 1. The largest absolute Gasteiger partial charge is 0.490 e. The topological polar surface area (TPSA) is 97.5 Å². The van der Waals surface area contributed by atoms with Gasteiger partial charge < -0.3 is 14.7 Å². The number of aliphatic carboxylic acids is 1. The number of carbonyl (C=O) groups excluding carboxylic acids is 1. The van der Waals surface area contributed by atoms with E-state index in [0.717, 1.165) is 21.8 Å². The van der Waals surface area contributed by atoms with Gasteiger partial charge in [0.1, 0.15) is 0 Å². The van der Waals surface area contributed by atoms with Crippen LogP contribution in [-0.4, -0.2) is 56.0 Å². The van der Waals surface area contributed by atoms with Crippen molar-refractivity contribution in [2.75, 3.05) is 13.2 Å². The van der Waals surface area contributed by atoms with Crippen molar-refractivity contribution in [3.8, 4) is 0 Å². The lowest BCUT2D eigenvalue weighted by Crippen LogP contribution is -2.42. The molecule has 4 heterocycles. The van der Waals surface area contributed by atoms with Crippen molar-refractivity contribution < 1.29 is 32.6 Å². The lowest BCUT2D eigenvalue weighted by molar-refractivity contribution is -0.192. The van der Waals surface area contributed by atoms with Crippen LogP contribution < -0.4 is 0 Å². The zero-order chi connectivity index (χ0) is 24.0. The summed E-state index contributed by atoms with van der Waals surface area (Å²) < 4.78 is 39.6. The van der Waals surface area contributed by atoms with Crippen molar-refractivity contribution in [3.05, 3.63) is 69.9 Å². The number of aryl methyl sites for hydroxylation is 1. The van der Waals surface area contributed by atoms with Gasteiger partial charge in [0.2, 0.25) is 0 Å². The highest BCUT2D eigenvalue weighted by Crippen LogP contribution is 2.25. The fourth-order valence-corrected chi connectivity index (χ4v) is 4.08. The van der Waals surface area contributed by atoms with Gasteiger partial charge in [-0.15, -0.1) is 11.3 Å². The minimum atomic E-state index is -5.08. The van der Waals surface area contributed by atoms with Gasteiger partial charge >= 0.3 is 12.1 Å². The number of carboxylic acid groups (broad SMARTS) is 1.